The predicted octanol–water partition coefficient (Wildman–Crippen LogP) is 0.0355. The topological polar surface area (TPSA) is 107 Å². The zero-order valence-electron chi connectivity index (χ0n) is 16.6. The first-order valence-corrected chi connectivity index (χ1v) is 11.2. The molecule has 0 saturated carbocycles. The van der Waals surface area contributed by atoms with Gasteiger partial charge in [-0.05, 0) is 31.0 Å². The minimum Gasteiger partial charge on any atom is -0.357 e. The van der Waals surface area contributed by atoms with Crippen LogP contribution in [0, 0.1) is 0 Å². The fraction of sp³-hybridized carbons (Fsp3) is 0.526. The molecule has 1 unspecified atom stereocenters. The average molecular weight is 423 g/mol. The molecule has 0 radical (unpaired) electrons. The van der Waals surface area contributed by atoms with Crippen molar-refractivity contribution >= 4 is 33.4 Å². The number of nitrogens with zero attached hydrogens (tertiary/aromatic N) is 3. The van der Waals surface area contributed by atoms with Crippen LogP contribution < -0.4 is 9.62 Å². The Morgan fingerprint density at radius 1 is 1.10 bits per heavy atom. The highest BCUT2D eigenvalue weighted by Crippen LogP contribution is 2.25. The monoisotopic (exact) mass is 422 g/mol. The van der Waals surface area contributed by atoms with E-state index in [2.05, 4.69) is 5.32 Å². The maximum absolute atomic E-state index is 13.2. The second-order valence-corrected chi connectivity index (χ2v) is 9.25. The molecule has 1 N–H and O–H groups in total. The number of hydrogen-bond donors (Lipinski definition) is 1. The van der Waals surface area contributed by atoms with Crippen LogP contribution in [0.5, 0.6) is 0 Å². The number of hydrogen-bond acceptors (Lipinski definition) is 5. The summed E-state index contributed by atoms with van der Waals surface area (Å²) in [5, 5.41) is 2.55. The van der Waals surface area contributed by atoms with Gasteiger partial charge in [0.25, 0.3) is 5.91 Å². The van der Waals surface area contributed by atoms with Gasteiger partial charge in [-0.15, -0.1) is 0 Å². The van der Waals surface area contributed by atoms with Gasteiger partial charge in [-0.25, -0.2) is 8.42 Å². The molecule has 2 heterocycles. The van der Waals surface area contributed by atoms with E-state index >= 15 is 0 Å². The minimum atomic E-state index is -3.39. The summed E-state index contributed by atoms with van der Waals surface area (Å²) in [6.45, 7) is 2.51. The van der Waals surface area contributed by atoms with E-state index < -0.39 is 16.1 Å². The molecule has 10 heteroatoms. The van der Waals surface area contributed by atoms with Gasteiger partial charge < -0.3 is 15.1 Å². The van der Waals surface area contributed by atoms with E-state index in [1.807, 2.05) is 0 Å². The number of amides is 3. The third kappa shape index (κ3) is 4.36. The normalized spacial score (nSPS) is 21.6. The van der Waals surface area contributed by atoms with Crippen LogP contribution in [-0.2, 0) is 19.6 Å². The van der Waals surface area contributed by atoms with Crippen LogP contribution in [0.3, 0.4) is 0 Å². The van der Waals surface area contributed by atoms with Crippen molar-refractivity contribution in [3.8, 4) is 0 Å². The van der Waals surface area contributed by atoms with E-state index in [1.165, 1.54) is 23.2 Å². The lowest BCUT2D eigenvalue weighted by Gasteiger charge is -2.40. The molecule has 3 rings (SSSR count). The van der Waals surface area contributed by atoms with E-state index in [1.54, 1.807) is 29.2 Å². The SMILES string of the molecule is CNC(=O)C1CN(C(C)=O)CCN1C(=O)c1cccc(N2CCCCS2(=O)=O)c1. The molecule has 3 amide bonds. The number of benzene rings is 1. The first-order chi connectivity index (χ1) is 13.7. The smallest absolute Gasteiger partial charge is 0.254 e. The summed E-state index contributed by atoms with van der Waals surface area (Å²) in [4.78, 5) is 40.2. The van der Waals surface area contributed by atoms with E-state index in [0.29, 0.717) is 30.8 Å². The highest BCUT2D eigenvalue weighted by atomic mass is 32.2. The molecular weight excluding hydrogens is 396 g/mol. The largest absolute Gasteiger partial charge is 0.357 e. The van der Waals surface area contributed by atoms with E-state index in [9.17, 15) is 22.8 Å². The molecular formula is C19H26N4O5S. The molecule has 29 heavy (non-hydrogen) atoms. The molecule has 2 aliphatic rings. The summed E-state index contributed by atoms with van der Waals surface area (Å²) in [6.07, 6.45) is 1.40. The number of carbonyl (C=O) groups is 3. The lowest BCUT2D eigenvalue weighted by atomic mass is 10.1. The zero-order valence-corrected chi connectivity index (χ0v) is 17.4. The third-order valence-electron chi connectivity index (χ3n) is 5.37. The van der Waals surface area contributed by atoms with Crippen LogP contribution >= 0.6 is 0 Å². The first-order valence-electron chi connectivity index (χ1n) is 9.63. The number of anilines is 1. The summed E-state index contributed by atoms with van der Waals surface area (Å²) < 4.78 is 26.1. The summed E-state index contributed by atoms with van der Waals surface area (Å²) in [5.74, 6) is -0.767. The number of nitrogens with one attached hydrogen (secondary N) is 1. The standard InChI is InChI=1S/C19H26N4O5S/c1-14(24)21-9-10-22(17(13-21)18(25)20-2)19(26)15-6-5-7-16(12-15)23-8-3-4-11-29(23,27)28/h5-7,12,17H,3-4,8-11,13H2,1-2H3,(H,20,25). The van der Waals surface area contributed by atoms with E-state index in [4.69, 9.17) is 0 Å². The van der Waals surface area contributed by atoms with Crippen molar-refractivity contribution in [1.29, 1.82) is 0 Å². The fourth-order valence-corrected chi connectivity index (χ4v) is 5.37. The van der Waals surface area contributed by atoms with Gasteiger partial charge in [0.05, 0.1) is 18.0 Å². The maximum atomic E-state index is 13.2. The van der Waals surface area contributed by atoms with Crippen LogP contribution in [0.1, 0.15) is 30.1 Å². The molecule has 0 aliphatic carbocycles. The summed E-state index contributed by atoms with van der Waals surface area (Å²) >= 11 is 0. The number of piperazine rings is 1. The molecule has 2 aliphatic heterocycles. The lowest BCUT2D eigenvalue weighted by Crippen LogP contribution is -2.61. The molecule has 9 nitrogen and oxygen atoms in total. The summed E-state index contributed by atoms with van der Waals surface area (Å²) in [5.41, 5.74) is 0.767. The van der Waals surface area contributed by atoms with Crippen LogP contribution in [0.15, 0.2) is 24.3 Å². The Bertz CT molecular complexity index is 917. The van der Waals surface area contributed by atoms with Crippen molar-refractivity contribution in [3.63, 3.8) is 0 Å². The van der Waals surface area contributed by atoms with Gasteiger partial charge in [0.2, 0.25) is 21.8 Å². The lowest BCUT2D eigenvalue weighted by molar-refractivity contribution is -0.135. The molecule has 1 aromatic rings. The summed E-state index contributed by atoms with van der Waals surface area (Å²) in [6, 6.07) is 5.69. The number of rotatable bonds is 3. The van der Waals surface area contributed by atoms with Gasteiger partial charge in [0, 0.05) is 39.2 Å². The number of sulfonamides is 1. The third-order valence-corrected chi connectivity index (χ3v) is 7.24. The predicted molar refractivity (Wildman–Crippen MR) is 108 cm³/mol. The second kappa shape index (κ2) is 8.40. The van der Waals surface area contributed by atoms with Crippen LogP contribution in [0.25, 0.3) is 0 Å². The van der Waals surface area contributed by atoms with Gasteiger partial charge >= 0.3 is 0 Å². The van der Waals surface area contributed by atoms with Crippen molar-refractivity contribution in [2.45, 2.75) is 25.8 Å². The van der Waals surface area contributed by atoms with E-state index in [-0.39, 0.29) is 36.6 Å². The molecule has 2 saturated heterocycles. The molecule has 0 bridgehead atoms. The van der Waals surface area contributed by atoms with Crippen molar-refractivity contribution in [2.24, 2.45) is 0 Å². The van der Waals surface area contributed by atoms with Gasteiger partial charge in [-0.2, -0.15) is 0 Å². The maximum Gasteiger partial charge on any atom is 0.254 e. The molecule has 2 fully saturated rings. The molecule has 0 spiro atoms. The Labute approximate surface area is 170 Å². The van der Waals surface area contributed by atoms with Gasteiger partial charge in [-0.3, -0.25) is 18.7 Å². The molecule has 1 atom stereocenters. The van der Waals surface area contributed by atoms with Gasteiger partial charge in [0.1, 0.15) is 6.04 Å². The second-order valence-electron chi connectivity index (χ2n) is 7.24. The Balaban J connectivity index is 1.87. The van der Waals surface area contributed by atoms with Crippen LogP contribution in [0.2, 0.25) is 0 Å². The van der Waals surface area contributed by atoms with Gasteiger partial charge in [-0.1, -0.05) is 6.07 Å². The zero-order chi connectivity index (χ0) is 21.2. The Morgan fingerprint density at radius 3 is 2.52 bits per heavy atom. The Morgan fingerprint density at radius 2 is 1.86 bits per heavy atom. The van der Waals surface area contributed by atoms with Crippen molar-refractivity contribution in [2.75, 3.05) is 43.3 Å². The highest BCUT2D eigenvalue weighted by Gasteiger charge is 2.36. The Kier molecular flexibility index (Phi) is 6.11. The minimum absolute atomic E-state index is 0.0942. The highest BCUT2D eigenvalue weighted by molar-refractivity contribution is 7.92. The number of carbonyl (C=O) groups excluding carboxylic acids is 3. The average Bonchev–Trinajstić information content (AvgIpc) is 2.71. The quantitative estimate of drug-likeness (QED) is 0.740. The fourth-order valence-electron chi connectivity index (χ4n) is 3.74. The number of likely N-dealkylation sites (N-methyl/N-ethyl adjacent to an activating group) is 1. The molecule has 1 aromatic carbocycles. The molecule has 158 valence electrons. The van der Waals surface area contributed by atoms with Crippen LogP contribution in [0.4, 0.5) is 5.69 Å². The first kappa shape index (κ1) is 21.1. The molecule has 0 aromatic heterocycles. The van der Waals surface area contributed by atoms with Crippen LogP contribution in [-0.4, -0.2) is 81.0 Å². The van der Waals surface area contributed by atoms with Crippen molar-refractivity contribution in [3.05, 3.63) is 29.8 Å². The van der Waals surface area contributed by atoms with Crippen molar-refractivity contribution < 1.29 is 22.8 Å². The summed E-state index contributed by atoms with van der Waals surface area (Å²) in [7, 11) is -1.90. The van der Waals surface area contributed by atoms with Crippen molar-refractivity contribution in [1.82, 2.24) is 15.1 Å². The van der Waals surface area contributed by atoms with E-state index in [0.717, 1.165) is 6.42 Å². The van der Waals surface area contributed by atoms with Gasteiger partial charge in [0.15, 0.2) is 0 Å². The Hall–Kier alpha value is -2.62.